The van der Waals surface area contributed by atoms with Crippen LogP contribution in [-0.2, 0) is 16.1 Å². The van der Waals surface area contributed by atoms with Gasteiger partial charge >= 0.3 is 5.97 Å². The van der Waals surface area contributed by atoms with Crippen LogP contribution < -0.4 is 0 Å². The predicted molar refractivity (Wildman–Crippen MR) is 98.2 cm³/mol. The van der Waals surface area contributed by atoms with Gasteiger partial charge in [-0.25, -0.2) is 0 Å². The van der Waals surface area contributed by atoms with Gasteiger partial charge in [-0.05, 0) is 51.1 Å². The standard InChI is InChI=1S/C21H30N2O2/c1-2-25-20(24)18-15-21(23-12-6-9-19(18)23)10-13-22(14-11-21)16-17-7-4-3-5-8-17/h3-5,7-8,18-19H,2,6,9-16H2,1H3/t18-,19+/m1/s1. The van der Waals surface area contributed by atoms with E-state index in [0.29, 0.717) is 12.6 Å². The summed E-state index contributed by atoms with van der Waals surface area (Å²) >= 11 is 0. The topological polar surface area (TPSA) is 32.8 Å². The zero-order valence-corrected chi connectivity index (χ0v) is 15.3. The second-order valence-corrected chi connectivity index (χ2v) is 7.95. The number of rotatable bonds is 4. The first kappa shape index (κ1) is 17.0. The Morgan fingerprint density at radius 2 is 1.96 bits per heavy atom. The number of hydrogen-bond acceptors (Lipinski definition) is 4. The number of fused-ring (bicyclic) bond motifs is 2. The average Bonchev–Trinajstić information content (AvgIpc) is 3.22. The van der Waals surface area contributed by atoms with Crippen molar-refractivity contribution >= 4 is 5.97 Å². The van der Waals surface area contributed by atoms with Gasteiger partial charge in [0.25, 0.3) is 0 Å². The molecule has 0 N–H and O–H groups in total. The fourth-order valence-electron chi connectivity index (χ4n) is 5.41. The first-order chi connectivity index (χ1) is 12.2. The number of piperidine rings is 1. The molecule has 1 aromatic carbocycles. The molecule has 1 aromatic rings. The van der Waals surface area contributed by atoms with Gasteiger partial charge in [0.05, 0.1) is 12.5 Å². The number of hydrogen-bond donors (Lipinski definition) is 0. The third kappa shape index (κ3) is 3.22. The molecule has 4 rings (SSSR count). The van der Waals surface area contributed by atoms with Gasteiger partial charge in [0.2, 0.25) is 0 Å². The molecule has 0 aliphatic carbocycles. The van der Waals surface area contributed by atoms with E-state index < -0.39 is 0 Å². The lowest BCUT2D eigenvalue weighted by Gasteiger charge is -2.45. The van der Waals surface area contributed by atoms with Gasteiger partial charge in [-0.3, -0.25) is 14.6 Å². The Balaban J connectivity index is 1.42. The van der Waals surface area contributed by atoms with Crippen LogP contribution in [0.5, 0.6) is 0 Å². The van der Waals surface area contributed by atoms with Crippen molar-refractivity contribution in [3.05, 3.63) is 35.9 Å². The molecule has 4 heteroatoms. The second-order valence-electron chi connectivity index (χ2n) is 7.95. The summed E-state index contributed by atoms with van der Waals surface area (Å²) in [6.07, 6.45) is 5.78. The van der Waals surface area contributed by atoms with Crippen molar-refractivity contribution in [2.45, 2.75) is 57.2 Å². The monoisotopic (exact) mass is 342 g/mol. The minimum atomic E-state index is 0.0444. The van der Waals surface area contributed by atoms with Crippen molar-refractivity contribution in [3.63, 3.8) is 0 Å². The zero-order valence-electron chi connectivity index (χ0n) is 15.3. The van der Waals surface area contributed by atoms with E-state index in [1.807, 2.05) is 6.92 Å². The Morgan fingerprint density at radius 1 is 1.20 bits per heavy atom. The third-order valence-corrected chi connectivity index (χ3v) is 6.60. The van der Waals surface area contributed by atoms with E-state index >= 15 is 0 Å². The Hall–Kier alpha value is -1.39. The van der Waals surface area contributed by atoms with Crippen molar-refractivity contribution in [3.8, 4) is 0 Å². The van der Waals surface area contributed by atoms with Gasteiger partial charge in [-0.1, -0.05) is 30.3 Å². The van der Waals surface area contributed by atoms with Crippen LogP contribution >= 0.6 is 0 Å². The summed E-state index contributed by atoms with van der Waals surface area (Å²) < 4.78 is 5.39. The van der Waals surface area contributed by atoms with E-state index in [1.165, 1.54) is 37.8 Å². The maximum absolute atomic E-state index is 12.5. The largest absolute Gasteiger partial charge is 0.466 e. The van der Waals surface area contributed by atoms with E-state index in [0.717, 1.165) is 26.1 Å². The van der Waals surface area contributed by atoms with Crippen molar-refractivity contribution in [2.24, 2.45) is 5.92 Å². The summed E-state index contributed by atoms with van der Waals surface area (Å²) in [6, 6.07) is 11.2. The fraction of sp³-hybridized carbons (Fsp3) is 0.667. The molecular formula is C21H30N2O2. The highest BCUT2D eigenvalue weighted by atomic mass is 16.5. The van der Waals surface area contributed by atoms with Crippen LogP contribution in [0.15, 0.2) is 30.3 Å². The summed E-state index contributed by atoms with van der Waals surface area (Å²) in [6.45, 7) is 6.89. The number of ether oxygens (including phenoxy) is 1. The van der Waals surface area contributed by atoms with Crippen molar-refractivity contribution in [2.75, 3.05) is 26.2 Å². The zero-order chi connectivity index (χ0) is 17.3. The molecular weight excluding hydrogens is 312 g/mol. The molecule has 136 valence electrons. The van der Waals surface area contributed by atoms with Crippen LogP contribution in [0.25, 0.3) is 0 Å². The Bertz CT molecular complexity index is 595. The molecule has 1 spiro atoms. The molecule has 4 nitrogen and oxygen atoms in total. The minimum Gasteiger partial charge on any atom is -0.466 e. The highest BCUT2D eigenvalue weighted by molar-refractivity contribution is 5.74. The van der Waals surface area contributed by atoms with Crippen molar-refractivity contribution < 1.29 is 9.53 Å². The molecule has 0 radical (unpaired) electrons. The first-order valence-electron chi connectivity index (χ1n) is 9.91. The molecule has 3 heterocycles. The molecule has 3 aliphatic rings. The third-order valence-electron chi connectivity index (χ3n) is 6.60. The van der Waals surface area contributed by atoms with Crippen LogP contribution in [-0.4, -0.2) is 53.6 Å². The smallest absolute Gasteiger partial charge is 0.310 e. The Labute approximate surface area is 151 Å². The van der Waals surface area contributed by atoms with E-state index in [1.54, 1.807) is 0 Å². The maximum Gasteiger partial charge on any atom is 0.310 e. The van der Waals surface area contributed by atoms with Crippen LogP contribution in [0, 0.1) is 5.92 Å². The molecule has 0 aromatic heterocycles. The molecule has 25 heavy (non-hydrogen) atoms. The lowest BCUT2D eigenvalue weighted by atomic mass is 9.81. The van der Waals surface area contributed by atoms with Gasteiger partial charge in [0.1, 0.15) is 0 Å². The van der Waals surface area contributed by atoms with Gasteiger partial charge in [0.15, 0.2) is 0 Å². The highest BCUT2D eigenvalue weighted by Gasteiger charge is 2.56. The Kier molecular flexibility index (Phi) is 4.83. The lowest BCUT2D eigenvalue weighted by molar-refractivity contribution is -0.148. The first-order valence-corrected chi connectivity index (χ1v) is 9.91. The van der Waals surface area contributed by atoms with Crippen molar-refractivity contribution in [1.29, 1.82) is 0 Å². The molecule has 0 saturated carbocycles. The molecule has 3 saturated heterocycles. The van der Waals surface area contributed by atoms with E-state index in [4.69, 9.17) is 4.74 Å². The highest BCUT2D eigenvalue weighted by Crippen LogP contribution is 2.49. The Morgan fingerprint density at radius 3 is 2.68 bits per heavy atom. The molecule has 3 aliphatic heterocycles. The number of benzene rings is 1. The van der Waals surface area contributed by atoms with Crippen LogP contribution in [0.2, 0.25) is 0 Å². The number of nitrogens with zero attached hydrogens (tertiary/aromatic N) is 2. The van der Waals surface area contributed by atoms with Gasteiger partial charge in [-0.15, -0.1) is 0 Å². The lowest BCUT2D eigenvalue weighted by Crippen LogP contribution is -2.52. The molecule has 0 unspecified atom stereocenters. The minimum absolute atomic E-state index is 0.0444. The summed E-state index contributed by atoms with van der Waals surface area (Å²) in [5.41, 5.74) is 1.64. The molecule has 2 atom stereocenters. The van der Waals surface area contributed by atoms with Gasteiger partial charge in [-0.2, -0.15) is 0 Å². The van der Waals surface area contributed by atoms with E-state index in [2.05, 4.69) is 40.1 Å². The number of likely N-dealkylation sites (tertiary alicyclic amines) is 1. The summed E-state index contributed by atoms with van der Waals surface area (Å²) in [5, 5.41) is 0. The number of carbonyl (C=O) groups excluding carboxylic acids is 1. The molecule has 0 bridgehead atoms. The summed E-state index contributed by atoms with van der Waals surface area (Å²) in [4.78, 5) is 17.7. The van der Waals surface area contributed by atoms with Crippen LogP contribution in [0.3, 0.4) is 0 Å². The fourth-order valence-corrected chi connectivity index (χ4v) is 5.41. The van der Waals surface area contributed by atoms with Gasteiger partial charge < -0.3 is 4.74 Å². The SMILES string of the molecule is CCOC(=O)[C@@H]1CC2(CCN(Cc3ccccc3)CC2)N2CCC[C@@H]12. The predicted octanol–water partition coefficient (Wildman–Crippen LogP) is 3.07. The van der Waals surface area contributed by atoms with Gasteiger partial charge in [0, 0.05) is 31.2 Å². The number of esters is 1. The molecule has 3 fully saturated rings. The van der Waals surface area contributed by atoms with E-state index in [-0.39, 0.29) is 17.4 Å². The maximum atomic E-state index is 12.5. The quantitative estimate of drug-likeness (QED) is 0.788. The second kappa shape index (κ2) is 7.08. The summed E-state index contributed by atoms with van der Waals surface area (Å²) in [7, 11) is 0. The average molecular weight is 342 g/mol. The van der Waals surface area contributed by atoms with E-state index in [9.17, 15) is 4.79 Å². The van der Waals surface area contributed by atoms with Crippen LogP contribution in [0.1, 0.15) is 44.6 Å². The molecule has 0 amide bonds. The normalized spacial score (nSPS) is 29.0. The van der Waals surface area contributed by atoms with Crippen LogP contribution in [0.4, 0.5) is 0 Å². The van der Waals surface area contributed by atoms with Crippen molar-refractivity contribution in [1.82, 2.24) is 9.80 Å². The number of carbonyl (C=O) groups is 1. The summed E-state index contributed by atoms with van der Waals surface area (Å²) in [5.74, 6) is 0.145.